The van der Waals surface area contributed by atoms with Crippen LogP contribution >= 0.6 is 0 Å². The van der Waals surface area contributed by atoms with Crippen molar-refractivity contribution in [2.75, 3.05) is 6.61 Å². The maximum Gasteiger partial charge on any atom is 0.303 e. The van der Waals surface area contributed by atoms with E-state index < -0.39 is 47.0 Å². The van der Waals surface area contributed by atoms with Gasteiger partial charge >= 0.3 is 5.97 Å². The Bertz CT molecular complexity index is 818. The van der Waals surface area contributed by atoms with Gasteiger partial charge in [0.15, 0.2) is 12.4 Å². The van der Waals surface area contributed by atoms with Crippen LogP contribution < -0.4 is 0 Å². The first-order valence-corrected chi connectivity index (χ1v) is 10.9. The third kappa shape index (κ3) is 2.85. The number of hydrogen-bond donors (Lipinski definition) is 3. The first-order chi connectivity index (χ1) is 13.9. The lowest BCUT2D eigenvalue weighted by atomic mass is 9.45. The van der Waals surface area contributed by atoms with Crippen LogP contribution in [0.4, 0.5) is 0 Å². The molecule has 0 aromatic carbocycles. The van der Waals surface area contributed by atoms with Crippen LogP contribution in [0.3, 0.4) is 0 Å². The number of esters is 1. The summed E-state index contributed by atoms with van der Waals surface area (Å²) >= 11 is 0. The summed E-state index contributed by atoms with van der Waals surface area (Å²) in [5.41, 5.74) is -2.29. The van der Waals surface area contributed by atoms with Gasteiger partial charge in [0.1, 0.15) is 5.60 Å². The summed E-state index contributed by atoms with van der Waals surface area (Å²) in [6.45, 7) is 4.62. The molecule has 0 radical (unpaired) electrons. The normalized spacial score (nSPS) is 47.6. The van der Waals surface area contributed by atoms with E-state index in [-0.39, 0.29) is 36.4 Å². The van der Waals surface area contributed by atoms with Gasteiger partial charge in [-0.1, -0.05) is 13.8 Å². The molecule has 4 rings (SSSR count). The Balaban J connectivity index is 1.69. The molecule has 7 nitrogen and oxygen atoms in total. The second-order valence-electron chi connectivity index (χ2n) is 10.3. The fraction of sp³-hybridized carbons (Fsp3) is 0.783. The summed E-state index contributed by atoms with van der Waals surface area (Å²) in [5, 5.41) is 33.7. The summed E-state index contributed by atoms with van der Waals surface area (Å²) in [5.74, 6) is -1.35. The molecule has 7 heteroatoms. The highest BCUT2D eigenvalue weighted by Crippen LogP contribution is 2.67. The number of fused-ring (bicyclic) bond motifs is 5. The van der Waals surface area contributed by atoms with Crippen LogP contribution in [0, 0.1) is 28.6 Å². The minimum atomic E-state index is -1.68. The Labute approximate surface area is 176 Å². The number of aliphatic hydroxyl groups is 3. The van der Waals surface area contributed by atoms with E-state index in [1.54, 1.807) is 6.08 Å². The van der Waals surface area contributed by atoms with Crippen molar-refractivity contribution in [1.82, 2.24) is 0 Å². The zero-order chi connectivity index (χ0) is 22.1. The van der Waals surface area contributed by atoms with Gasteiger partial charge in [-0.25, -0.2) is 0 Å². The number of aliphatic hydroxyl groups excluding tert-OH is 2. The van der Waals surface area contributed by atoms with E-state index in [0.717, 1.165) is 5.57 Å². The fourth-order valence-corrected chi connectivity index (χ4v) is 7.49. The second-order valence-corrected chi connectivity index (χ2v) is 10.3. The van der Waals surface area contributed by atoms with E-state index in [0.29, 0.717) is 25.7 Å². The number of carbonyl (C=O) groups is 3. The maximum absolute atomic E-state index is 12.9. The Kier molecular flexibility index (Phi) is 5.03. The van der Waals surface area contributed by atoms with Crippen LogP contribution in [0.2, 0.25) is 0 Å². The number of hydrogen-bond acceptors (Lipinski definition) is 7. The van der Waals surface area contributed by atoms with Crippen molar-refractivity contribution < 1.29 is 34.4 Å². The predicted octanol–water partition coefficient (Wildman–Crippen LogP) is 1.32. The number of Topliss-reactive ketones (excluding diaryl/α,β-unsaturated/α-hetero) is 1. The highest BCUT2D eigenvalue weighted by molar-refractivity contribution is 5.92. The topological polar surface area (TPSA) is 121 Å². The summed E-state index contributed by atoms with van der Waals surface area (Å²) in [6, 6.07) is 0. The summed E-state index contributed by atoms with van der Waals surface area (Å²) in [6.07, 6.45) is 2.54. The van der Waals surface area contributed by atoms with Gasteiger partial charge in [0.25, 0.3) is 0 Å². The van der Waals surface area contributed by atoms with Gasteiger partial charge in [-0.2, -0.15) is 0 Å². The lowest BCUT2D eigenvalue weighted by Crippen LogP contribution is -2.63. The molecule has 0 bridgehead atoms. The minimum absolute atomic E-state index is 0.0152. The average Bonchev–Trinajstić information content (AvgIpc) is 2.93. The van der Waals surface area contributed by atoms with Gasteiger partial charge in [-0.05, 0) is 66.9 Å². The van der Waals surface area contributed by atoms with Gasteiger partial charge in [-0.15, -0.1) is 0 Å². The third-order valence-corrected chi connectivity index (χ3v) is 8.93. The van der Waals surface area contributed by atoms with Gasteiger partial charge in [-0.3, -0.25) is 14.4 Å². The zero-order valence-electron chi connectivity index (χ0n) is 17.9. The summed E-state index contributed by atoms with van der Waals surface area (Å²) < 4.78 is 4.86. The molecule has 3 saturated carbocycles. The van der Waals surface area contributed by atoms with E-state index in [1.165, 1.54) is 6.92 Å². The third-order valence-electron chi connectivity index (χ3n) is 8.93. The standard InChI is InChI=1S/C23H32O7/c1-12(24)30-11-19(28)23(29)7-5-15-14-9-17(26)16-8-13(25)4-6-21(16,2)20(14)18(27)10-22(15,23)3/h8,14-15,17-18,20,26-27,29H,4-7,9-11H2,1-3H3/t14-,15+,17-,18-,20-,21-,22-,23+/m0/s1. The van der Waals surface area contributed by atoms with Crippen molar-refractivity contribution in [3.05, 3.63) is 11.6 Å². The molecular formula is C23H32O7. The number of ether oxygens (including phenoxy) is 1. The number of ketones is 2. The largest absolute Gasteiger partial charge is 0.458 e. The van der Waals surface area contributed by atoms with E-state index in [2.05, 4.69) is 0 Å². The molecule has 0 saturated heterocycles. The van der Waals surface area contributed by atoms with E-state index >= 15 is 0 Å². The van der Waals surface area contributed by atoms with Crippen molar-refractivity contribution >= 4 is 17.5 Å². The van der Waals surface area contributed by atoms with Crippen LogP contribution in [-0.4, -0.2) is 57.3 Å². The van der Waals surface area contributed by atoms with Crippen molar-refractivity contribution in [3.63, 3.8) is 0 Å². The number of rotatable bonds is 3. The molecule has 30 heavy (non-hydrogen) atoms. The summed E-state index contributed by atoms with van der Waals surface area (Å²) in [7, 11) is 0. The highest BCUT2D eigenvalue weighted by atomic mass is 16.5. The Morgan fingerprint density at radius 2 is 1.93 bits per heavy atom. The molecule has 3 N–H and O–H groups in total. The Hall–Kier alpha value is -1.57. The summed E-state index contributed by atoms with van der Waals surface area (Å²) in [4.78, 5) is 36.0. The lowest BCUT2D eigenvalue weighted by molar-refractivity contribution is -0.188. The van der Waals surface area contributed by atoms with Crippen LogP contribution in [0.1, 0.15) is 59.3 Å². The molecular weight excluding hydrogens is 388 g/mol. The van der Waals surface area contributed by atoms with E-state index in [1.807, 2.05) is 13.8 Å². The first kappa shape index (κ1) is 21.7. The molecule has 0 heterocycles. The van der Waals surface area contributed by atoms with Crippen molar-refractivity contribution in [2.45, 2.75) is 77.1 Å². The first-order valence-electron chi connectivity index (χ1n) is 10.9. The molecule has 166 valence electrons. The van der Waals surface area contributed by atoms with Gasteiger partial charge in [0, 0.05) is 18.8 Å². The molecule has 3 fully saturated rings. The van der Waals surface area contributed by atoms with Crippen LogP contribution in [0.15, 0.2) is 11.6 Å². The van der Waals surface area contributed by atoms with Gasteiger partial charge < -0.3 is 20.1 Å². The van der Waals surface area contributed by atoms with Gasteiger partial charge in [0.05, 0.1) is 12.2 Å². The highest BCUT2D eigenvalue weighted by Gasteiger charge is 2.69. The maximum atomic E-state index is 12.9. The smallest absolute Gasteiger partial charge is 0.303 e. The molecule has 4 aliphatic carbocycles. The Morgan fingerprint density at radius 3 is 2.60 bits per heavy atom. The van der Waals surface area contributed by atoms with Crippen LogP contribution in [0.5, 0.6) is 0 Å². The lowest BCUT2D eigenvalue weighted by Gasteiger charge is -2.61. The van der Waals surface area contributed by atoms with Crippen molar-refractivity contribution in [1.29, 1.82) is 0 Å². The fourth-order valence-electron chi connectivity index (χ4n) is 7.49. The van der Waals surface area contributed by atoms with E-state index in [4.69, 9.17) is 4.74 Å². The second kappa shape index (κ2) is 6.97. The molecule has 0 aromatic rings. The molecule has 8 atom stereocenters. The van der Waals surface area contributed by atoms with Crippen molar-refractivity contribution in [3.8, 4) is 0 Å². The van der Waals surface area contributed by atoms with Crippen molar-refractivity contribution in [2.24, 2.45) is 28.6 Å². The number of carbonyl (C=O) groups excluding carboxylic acids is 3. The van der Waals surface area contributed by atoms with Crippen LogP contribution in [0.25, 0.3) is 0 Å². The predicted molar refractivity (Wildman–Crippen MR) is 106 cm³/mol. The molecule has 4 aliphatic rings. The monoisotopic (exact) mass is 420 g/mol. The molecule has 0 spiro atoms. The quantitative estimate of drug-likeness (QED) is 0.589. The molecule has 0 unspecified atom stereocenters. The van der Waals surface area contributed by atoms with Crippen LogP contribution in [-0.2, 0) is 19.1 Å². The van der Waals surface area contributed by atoms with E-state index in [9.17, 15) is 29.7 Å². The molecule has 0 aromatic heterocycles. The molecule has 0 amide bonds. The zero-order valence-corrected chi connectivity index (χ0v) is 17.9. The molecule has 0 aliphatic heterocycles. The Morgan fingerprint density at radius 1 is 1.23 bits per heavy atom. The average molecular weight is 421 g/mol. The minimum Gasteiger partial charge on any atom is -0.458 e. The SMILES string of the molecule is CC(=O)OCC(=O)[C@]1(O)CC[C@@H]2[C@@H]3C[C@H](O)C4=CC(=O)CC[C@]4(C)[C@@H]3[C@@H](O)C[C@@]21C. The van der Waals surface area contributed by atoms with Gasteiger partial charge in [0.2, 0.25) is 5.78 Å².